The highest BCUT2D eigenvalue weighted by molar-refractivity contribution is 4.51. The smallest absolute Gasteiger partial charge is 0.0512 e. The van der Waals surface area contributed by atoms with E-state index in [-0.39, 0.29) is 12.3 Å². The van der Waals surface area contributed by atoms with Crippen LogP contribution in [-0.2, 0) is 0 Å². The maximum absolute atomic E-state index is 9.17. The first-order chi connectivity index (χ1) is 10.3. The highest BCUT2D eigenvalue weighted by Gasteiger charge is 1.96. The van der Waals surface area contributed by atoms with Crippen molar-refractivity contribution < 1.29 is 5.11 Å². The molecule has 1 unspecified atom stereocenters. The molecule has 2 nitrogen and oxygen atoms in total. The molecular weight excluding hydrogens is 270 g/mol. The van der Waals surface area contributed by atoms with E-state index in [1.807, 2.05) is 6.92 Å². The molecule has 0 aliphatic heterocycles. The van der Waals surface area contributed by atoms with Crippen LogP contribution in [0.25, 0.3) is 0 Å². The zero-order valence-corrected chi connectivity index (χ0v) is 15.8. The van der Waals surface area contributed by atoms with Crippen molar-refractivity contribution in [3.63, 3.8) is 0 Å². The summed E-state index contributed by atoms with van der Waals surface area (Å²) in [6.45, 7) is 4.18. The van der Waals surface area contributed by atoms with Gasteiger partial charge in [-0.15, -0.1) is 0 Å². The summed E-state index contributed by atoms with van der Waals surface area (Å²) >= 11 is 0. The molecule has 0 saturated carbocycles. The van der Waals surface area contributed by atoms with Crippen molar-refractivity contribution in [2.75, 3.05) is 0 Å². The van der Waals surface area contributed by atoms with E-state index >= 15 is 0 Å². The van der Waals surface area contributed by atoms with Crippen molar-refractivity contribution in [2.24, 2.45) is 0 Å². The molecule has 0 aliphatic carbocycles. The van der Waals surface area contributed by atoms with Crippen molar-refractivity contribution in [1.29, 1.82) is 0 Å². The van der Waals surface area contributed by atoms with Gasteiger partial charge >= 0.3 is 0 Å². The van der Waals surface area contributed by atoms with Crippen molar-refractivity contribution in [3.05, 3.63) is 0 Å². The molecule has 136 valence electrons. The number of unbranched alkanes of at least 4 members (excludes halogenated alkanes) is 15. The van der Waals surface area contributed by atoms with Gasteiger partial charge in [0.25, 0.3) is 0 Å². The van der Waals surface area contributed by atoms with Gasteiger partial charge in [0, 0.05) is 0 Å². The van der Waals surface area contributed by atoms with E-state index in [9.17, 15) is 0 Å². The fraction of sp³-hybridized carbons (Fsp3) is 1.00. The normalized spacial score (nSPS) is 12.1. The average molecular weight is 316 g/mol. The Morgan fingerprint density at radius 1 is 0.545 bits per heavy atom. The Kier molecular flexibility index (Phi) is 23.0. The van der Waals surface area contributed by atoms with Crippen molar-refractivity contribution in [2.45, 2.75) is 129 Å². The van der Waals surface area contributed by atoms with Gasteiger partial charge in [-0.05, 0) is 13.3 Å². The molecule has 1 atom stereocenters. The van der Waals surface area contributed by atoms with E-state index in [0.29, 0.717) is 0 Å². The molecule has 0 aromatic carbocycles. The standard InChI is InChI=1S/C20H42O.H3N/c1-3-4-5-6-7-8-9-10-11-12-13-14-15-16-17-18-19-20(2)21;/h20-21H,3-19H2,1-2H3;1H3. The lowest BCUT2D eigenvalue weighted by atomic mass is 10.0. The number of hydrogen-bond acceptors (Lipinski definition) is 2. The minimum atomic E-state index is -0.100. The molecule has 0 spiro atoms. The summed E-state index contributed by atoms with van der Waals surface area (Å²) in [6.07, 6.45) is 23.5. The van der Waals surface area contributed by atoms with Crippen molar-refractivity contribution in [3.8, 4) is 0 Å². The van der Waals surface area contributed by atoms with E-state index < -0.39 is 0 Å². The molecule has 22 heavy (non-hydrogen) atoms. The first-order valence-electron chi connectivity index (χ1n) is 9.95. The lowest BCUT2D eigenvalue weighted by Crippen LogP contribution is -1.98. The van der Waals surface area contributed by atoms with E-state index in [4.69, 9.17) is 5.11 Å². The predicted octanol–water partition coefficient (Wildman–Crippen LogP) is 7.18. The molecule has 0 fully saturated rings. The van der Waals surface area contributed by atoms with Crippen LogP contribution in [0.5, 0.6) is 0 Å². The van der Waals surface area contributed by atoms with Gasteiger partial charge in [0.2, 0.25) is 0 Å². The minimum Gasteiger partial charge on any atom is -0.393 e. The summed E-state index contributed by atoms with van der Waals surface area (Å²) in [5, 5.41) is 9.17. The molecule has 0 aliphatic rings. The van der Waals surface area contributed by atoms with E-state index in [2.05, 4.69) is 6.92 Å². The maximum atomic E-state index is 9.17. The Labute approximate surface area is 141 Å². The topological polar surface area (TPSA) is 55.2 Å². The second-order valence-electron chi connectivity index (χ2n) is 6.94. The van der Waals surface area contributed by atoms with Crippen LogP contribution >= 0.6 is 0 Å². The van der Waals surface area contributed by atoms with Crippen LogP contribution in [0.4, 0.5) is 0 Å². The van der Waals surface area contributed by atoms with Crippen LogP contribution in [0.2, 0.25) is 0 Å². The minimum absolute atomic E-state index is 0. The van der Waals surface area contributed by atoms with E-state index in [0.717, 1.165) is 6.42 Å². The van der Waals surface area contributed by atoms with Gasteiger partial charge in [-0.25, -0.2) is 0 Å². The number of aliphatic hydroxyl groups is 1. The first kappa shape index (κ1) is 24.2. The third kappa shape index (κ3) is 22.2. The molecular formula is C20H45NO. The molecule has 0 bridgehead atoms. The molecule has 2 heteroatoms. The summed E-state index contributed by atoms with van der Waals surface area (Å²) in [4.78, 5) is 0. The van der Waals surface area contributed by atoms with Crippen LogP contribution in [0, 0.1) is 0 Å². The Morgan fingerprint density at radius 3 is 1.09 bits per heavy atom. The fourth-order valence-electron chi connectivity index (χ4n) is 2.99. The van der Waals surface area contributed by atoms with Gasteiger partial charge in [0.05, 0.1) is 6.10 Å². The van der Waals surface area contributed by atoms with Crippen molar-refractivity contribution in [1.82, 2.24) is 6.15 Å². The Morgan fingerprint density at radius 2 is 0.818 bits per heavy atom. The quantitative estimate of drug-likeness (QED) is 0.279. The lowest BCUT2D eigenvalue weighted by Gasteiger charge is -2.04. The Balaban J connectivity index is 0. The molecule has 0 rings (SSSR count). The SMILES string of the molecule is CCCCCCCCCCCCCCCCCCC(C)O.N. The van der Waals surface area contributed by atoms with E-state index in [1.54, 1.807) is 0 Å². The molecule has 0 radical (unpaired) electrons. The van der Waals surface area contributed by atoms with Gasteiger partial charge in [0.15, 0.2) is 0 Å². The Hall–Kier alpha value is -0.0800. The summed E-state index contributed by atoms with van der Waals surface area (Å²) in [6, 6.07) is 0. The lowest BCUT2D eigenvalue weighted by molar-refractivity contribution is 0.180. The van der Waals surface area contributed by atoms with Crippen LogP contribution in [0.15, 0.2) is 0 Å². The summed E-state index contributed by atoms with van der Waals surface area (Å²) < 4.78 is 0. The molecule has 0 amide bonds. The first-order valence-corrected chi connectivity index (χ1v) is 9.95. The monoisotopic (exact) mass is 315 g/mol. The molecule has 4 N–H and O–H groups in total. The van der Waals surface area contributed by atoms with Crippen LogP contribution < -0.4 is 6.15 Å². The molecule has 0 aromatic rings. The number of rotatable bonds is 17. The van der Waals surface area contributed by atoms with Crippen LogP contribution in [0.1, 0.15) is 123 Å². The van der Waals surface area contributed by atoms with Gasteiger partial charge in [0.1, 0.15) is 0 Å². The maximum Gasteiger partial charge on any atom is 0.0512 e. The third-order valence-corrected chi connectivity index (χ3v) is 4.48. The van der Waals surface area contributed by atoms with Gasteiger partial charge < -0.3 is 11.3 Å². The molecule has 0 saturated heterocycles. The van der Waals surface area contributed by atoms with Gasteiger partial charge in [-0.1, -0.05) is 110 Å². The zero-order valence-electron chi connectivity index (χ0n) is 15.8. The second kappa shape index (κ2) is 20.9. The predicted molar refractivity (Wildman–Crippen MR) is 101 cm³/mol. The number of hydrogen-bond donors (Lipinski definition) is 2. The molecule has 0 aromatic heterocycles. The zero-order chi connectivity index (χ0) is 15.6. The summed E-state index contributed by atoms with van der Waals surface area (Å²) in [5.74, 6) is 0. The van der Waals surface area contributed by atoms with Crippen LogP contribution in [-0.4, -0.2) is 11.2 Å². The summed E-state index contributed by atoms with van der Waals surface area (Å²) in [5.41, 5.74) is 0. The van der Waals surface area contributed by atoms with Gasteiger partial charge in [-0.3, -0.25) is 0 Å². The highest BCUT2D eigenvalue weighted by Crippen LogP contribution is 2.14. The summed E-state index contributed by atoms with van der Waals surface area (Å²) in [7, 11) is 0. The highest BCUT2D eigenvalue weighted by atomic mass is 16.3. The van der Waals surface area contributed by atoms with Crippen LogP contribution in [0.3, 0.4) is 0 Å². The number of aliphatic hydroxyl groups excluding tert-OH is 1. The Bertz CT molecular complexity index is 183. The largest absolute Gasteiger partial charge is 0.393 e. The average Bonchev–Trinajstić information content (AvgIpc) is 2.46. The third-order valence-electron chi connectivity index (χ3n) is 4.48. The van der Waals surface area contributed by atoms with E-state index in [1.165, 1.54) is 103 Å². The van der Waals surface area contributed by atoms with Crippen molar-refractivity contribution >= 4 is 0 Å². The fourth-order valence-corrected chi connectivity index (χ4v) is 2.99. The van der Waals surface area contributed by atoms with Gasteiger partial charge in [-0.2, -0.15) is 0 Å². The second-order valence-corrected chi connectivity index (χ2v) is 6.94. The molecule has 0 heterocycles.